The van der Waals surface area contributed by atoms with Gasteiger partial charge in [-0.2, -0.15) is 5.10 Å². The minimum atomic E-state index is 0. The van der Waals surface area contributed by atoms with E-state index in [1.807, 2.05) is 11.7 Å². The van der Waals surface area contributed by atoms with E-state index in [2.05, 4.69) is 21.9 Å². The van der Waals surface area contributed by atoms with Crippen molar-refractivity contribution in [2.45, 2.75) is 32.4 Å². The van der Waals surface area contributed by atoms with E-state index in [1.165, 1.54) is 12.8 Å². The standard InChI is InChI=1S/C11H21N5.2ClH/c1-9(12)10-3-5-16(6-4-10)7-11-13-8-14-15(11)2;;/h8-10H,3-7,12H2,1-2H3;2*1H. The first kappa shape index (κ1) is 17.6. The number of rotatable bonds is 3. The number of halogens is 2. The Morgan fingerprint density at radius 1 is 1.39 bits per heavy atom. The molecule has 1 aliphatic heterocycles. The third-order valence-corrected chi connectivity index (χ3v) is 3.55. The monoisotopic (exact) mass is 295 g/mol. The minimum absolute atomic E-state index is 0. The zero-order valence-electron chi connectivity index (χ0n) is 11.0. The molecule has 1 unspecified atom stereocenters. The van der Waals surface area contributed by atoms with Gasteiger partial charge in [0.15, 0.2) is 0 Å². The van der Waals surface area contributed by atoms with Gasteiger partial charge < -0.3 is 5.73 Å². The van der Waals surface area contributed by atoms with Gasteiger partial charge in [0.25, 0.3) is 0 Å². The molecule has 0 aliphatic carbocycles. The van der Waals surface area contributed by atoms with Crippen molar-refractivity contribution < 1.29 is 0 Å². The molecule has 7 heteroatoms. The summed E-state index contributed by atoms with van der Waals surface area (Å²) in [5.74, 6) is 1.73. The summed E-state index contributed by atoms with van der Waals surface area (Å²) in [4.78, 5) is 6.68. The van der Waals surface area contributed by atoms with Crippen molar-refractivity contribution in [3.63, 3.8) is 0 Å². The topological polar surface area (TPSA) is 60.0 Å². The molecule has 18 heavy (non-hydrogen) atoms. The molecule has 0 saturated carbocycles. The Hall–Kier alpha value is -0.360. The van der Waals surface area contributed by atoms with Gasteiger partial charge in [0.1, 0.15) is 12.2 Å². The van der Waals surface area contributed by atoms with Crippen molar-refractivity contribution in [3.8, 4) is 0 Å². The van der Waals surface area contributed by atoms with Gasteiger partial charge in [-0.1, -0.05) is 0 Å². The summed E-state index contributed by atoms with van der Waals surface area (Å²) in [6, 6.07) is 0.331. The van der Waals surface area contributed by atoms with Gasteiger partial charge in [-0.25, -0.2) is 4.98 Å². The second kappa shape index (κ2) is 7.94. The predicted molar refractivity (Wildman–Crippen MR) is 77.1 cm³/mol. The van der Waals surface area contributed by atoms with Gasteiger partial charge in [0.2, 0.25) is 0 Å². The Kier molecular flexibility index (Phi) is 7.78. The SMILES string of the molecule is CC(N)C1CCN(Cc2ncnn2C)CC1.Cl.Cl. The first-order valence-corrected chi connectivity index (χ1v) is 5.97. The number of hydrogen-bond donors (Lipinski definition) is 1. The van der Waals surface area contributed by atoms with Crippen LogP contribution >= 0.6 is 24.8 Å². The molecular formula is C11H23Cl2N5. The van der Waals surface area contributed by atoms with Crippen LogP contribution in [0.5, 0.6) is 0 Å². The Labute approximate surface area is 121 Å². The van der Waals surface area contributed by atoms with Crippen LogP contribution in [0.3, 0.4) is 0 Å². The average Bonchev–Trinajstić information content (AvgIpc) is 2.65. The van der Waals surface area contributed by atoms with E-state index < -0.39 is 0 Å². The minimum Gasteiger partial charge on any atom is -0.328 e. The molecule has 2 N–H and O–H groups in total. The van der Waals surface area contributed by atoms with Crippen molar-refractivity contribution in [2.75, 3.05) is 13.1 Å². The molecule has 1 saturated heterocycles. The van der Waals surface area contributed by atoms with Crippen molar-refractivity contribution >= 4 is 24.8 Å². The summed E-state index contributed by atoms with van der Waals surface area (Å²) in [6.45, 7) is 5.27. The molecule has 2 heterocycles. The summed E-state index contributed by atoms with van der Waals surface area (Å²) in [5.41, 5.74) is 5.93. The van der Waals surface area contributed by atoms with E-state index in [9.17, 15) is 0 Å². The Morgan fingerprint density at radius 2 is 2.00 bits per heavy atom. The fraction of sp³-hybridized carbons (Fsp3) is 0.818. The molecule has 2 rings (SSSR count). The second-order valence-corrected chi connectivity index (χ2v) is 4.77. The lowest BCUT2D eigenvalue weighted by atomic mass is 9.91. The lowest BCUT2D eigenvalue weighted by Gasteiger charge is -2.33. The van der Waals surface area contributed by atoms with Gasteiger partial charge in [-0.05, 0) is 38.8 Å². The zero-order valence-corrected chi connectivity index (χ0v) is 12.6. The maximum absolute atomic E-state index is 5.93. The van der Waals surface area contributed by atoms with Crippen LogP contribution in [0.4, 0.5) is 0 Å². The van der Waals surface area contributed by atoms with Crippen LogP contribution in [-0.4, -0.2) is 38.8 Å². The van der Waals surface area contributed by atoms with E-state index in [0.717, 1.165) is 25.5 Å². The molecule has 0 spiro atoms. The summed E-state index contributed by atoms with van der Waals surface area (Å²) >= 11 is 0. The van der Waals surface area contributed by atoms with Crippen molar-refractivity contribution in [1.29, 1.82) is 0 Å². The van der Waals surface area contributed by atoms with Crippen LogP contribution in [-0.2, 0) is 13.6 Å². The highest BCUT2D eigenvalue weighted by Gasteiger charge is 2.22. The molecule has 1 fully saturated rings. The van der Waals surface area contributed by atoms with Crippen molar-refractivity contribution in [1.82, 2.24) is 19.7 Å². The molecule has 1 aliphatic rings. The summed E-state index contributed by atoms with van der Waals surface area (Å²) in [5, 5.41) is 4.08. The number of hydrogen-bond acceptors (Lipinski definition) is 4. The third-order valence-electron chi connectivity index (χ3n) is 3.55. The number of nitrogens with two attached hydrogens (primary N) is 1. The molecule has 0 amide bonds. The number of piperidine rings is 1. The number of aromatic nitrogens is 3. The Balaban J connectivity index is 0.00000144. The second-order valence-electron chi connectivity index (χ2n) is 4.77. The zero-order chi connectivity index (χ0) is 11.5. The molecule has 5 nitrogen and oxygen atoms in total. The molecule has 0 aromatic carbocycles. The van der Waals surface area contributed by atoms with Crippen LogP contribution in [0.2, 0.25) is 0 Å². The van der Waals surface area contributed by atoms with Crippen LogP contribution in [0.15, 0.2) is 6.33 Å². The van der Waals surface area contributed by atoms with Gasteiger partial charge in [-0.15, -0.1) is 24.8 Å². The van der Waals surface area contributed by atoms with Crippen LogP contribution in [0.1, 0.15) is 25.6 Å². The first-order valence-electron chi connectivity index (χ1n) is 5.97. The predicted octanol–water partition coefficient (Wildman–Crippen LogP) is 1.22. The largest absolute Gasteiger partial charge is 0.328 e. The van der Waals surface area contributed by atoms with Crippen LogP contribution in [0, 0.1) is 5.92 Å². The lowest BCUT2D eigenvalue weighted by molar-refractivity contribution is 0.161. The number of aryl methyl sites for hydroxylation is 1. The summed E-state index contributed by atoms with van der Waals surface area (Å²) < 4.78 is 1.84. The van der Waals surface area contributed by atoms with Gasteiger partial charge >= 0.3 is 0 Å². The van der Waals surface area contributed by atoms with Crippen LogP contribution in [0.25, 0.3) is 0 Å². The van der Waals surface area contributed by atoms with Gasteiger partial charge in [0.05, 0.1) is 6.54 Å². The highest BCUT2D eigenvalue weighted by molar-refractivity contribution is 5.85. The highest BCUT2D eigenvalue weighted by Crippen LogP contribution is 2.20. The molecule has 0 radical (unpaired) electrons. The summed E-state index contributed by atoms with van der Waals surface area (Å²) in [6.07, 6.45) is 4.02. The molecule has 1 aromatic rings. The van der Waals surface area contributed by atoms with Crippen molar-refractivity contribution in [2.24, 2.45) is 18.7 Å². The van der Waals surface area contributed by atoms with E-state index in [1.54, 1.807) is 6.33 Å². The van der Waals surface area contributed by atoms with Gasteiger partial charge in [0, 0.05) is 13.1 Å². The first-order chi connectivity index (χ1) is 7.66. The maximum Gasteiger partial charge on any atom is 0.140 e. The fourth-order valence-electron chi connectivity index (χ4n) is 2.30. The number of nitrogens with zero attached hydrogens (tertiary/aromatic N) is 4. The fourth-order valence-corrected chi connectivity index (χ4v) is 2.30. The highest BCUT2D eigenvalue weighted by atomic mass is 35.5. The summed E-state index contributed by atoms with van der Waals surface area (Å²) in [7, 11) is 1.94. The average molecular weight is 296 g/mol. The quantitative estimate of drug-likeness (QED) is 0.911. The van der Waals surface area contributed by atoms with Crippen molar-refractivity contribution in [3.05, 3.63) is 12.2 Å². The molecule has 0 bridgehead atoms. The molecule has 106 valence electrons. The van der Waals surface area contributed by atoms with Gasteiger partial charge in [-0.3, -0.25) is 9.58 Å². The normalized spacial score (nSPS) is 18.8. The number of likely N-dealkylation sites (tertiary alicyclic amines) is 1. The molecule has 1 aromatic heterocycles. The Morgan fingerprint density at radius 3 is 2.44 bits per heavy atom. The van der Waals surface area contributed by atoms with E-state index in [-0.39, 0.29) is 24.8 Å². The van der Waals surface area contributed by atoms with E-state index >= 15 is 0 Å². The van der Waals surface area contributed by atoms with E-state index in [4.69, 9.17) is 5.73 Å². The lowest BCUT2D eigenvalue weighted by Crippen LogP contribution is -2.39. The maximum atomic E-state index is 5.93. The van der Waals surface area contributed by atoms with Crippen LogP contribution < -0.4 is 5.73 Å². The smallest absolute Gasteiger partial charge is 0.140 e. The molecule has 1 atom stereocenters. The molecular weight excluding hydrogens is 273 g/mol. The Bertz CT molecular complexity index is 334. The van der Waals surface area contributed by atoms with E-state index in [0.29, 0.717) is 12.0 Å². The third kappa shape index (κ3) is 4.39.